The Labute approximate surface area is 165 Å². The maximum atomic E-state index is 13.0. The number of carbonyl (C=O) groups is 2. The summed E-state index contributed by atoms with van der Waals surface area (Å²) in [7, 11) is 0. The minimum absolute atomic E-state index is 0.126. The zero-order valence-electron chi connectivity index (χ0n) is 15.9. The van der Waals surface area contributed by atoms with Gasteiger partial charge in [0.2, 0.25) is 5.91 Å². The van der Waals surface area contributed by atoms with E-state index >= 15 is 0 Å². The highest BCUT2D eigenvalue weighted by Crippen LogP contribution is 2.18. The standard InChI is InChI=1S/C22H26N2O4/c23-21(25)12-13-24(15-17-5-2-1-3-6-17)22(26)18-8-10-19(11-9-18)28-16-20-7-4-14-27-20/h1-3,5-6,8-11,20H,4,7,12-16H2,(H2,23,25). The first-order chi connectivity index (χ1) is 13.6. The van der Waals surface area contributed by atoms with E-state index in [1.807, 2.05) is 30.3 Å². The molecule has 28 heavy (non-hydrogen) atoms. The number of hydrogen-bond acceptors (Lipinski definition) is 4. The molecular formula is C22H26N2O4. The van der Waals surface area contributed by atoms with Crippen LogP contribution in [-0.2, 0) is 16.1 Å². The normalized spacial score (nSPS) is 15.9. The number of benzene rings is 2. The monoisotopic (exact) mass is 382 g/mol. The summed E-state index contributed by atoms with van der Waals surface area (Å²) in [6.45, 7) is 2.01. The second-order valence-corrected chi connectivity index (χ2v) is 6.90. The number of nitrogens with zero attached hydrogens (tertiary/aromatic N) is 1. The highest BCUT2D eigenvalue weighted by atomic mass is 16.5. The molecule has 2 N–H and O–H groups in total. The molecule has 0 saturated carbocycles. The van der Waals surface area contributed by atoms with Crippen molar-refractivity contribution < 1.29 is 19.1 Å². The number of primary amides is 1. The summed E-state index contributed by atoms with van der Waals surface area (Å²) in [4.78, 5) is 25.8. The Balaban J connectivity index is 1.63. The fraction of sp³-hybridized carbons (Fsp3) is 0.364. The van der Waals surface area contributed by atoms with Crippen LogP contribution in [0.3, 0.4) is 0 Å². The first-order valence-corrected chi connectivity index (χ1v) is 9.58. The number of nitrogens with two attached hydrogens (primary N) is 1. The predicted octanol–water partition coefficient (Wildman–Crippen LogP) is 2.76. The Bertz CT molecular complexity index is 771. The Hall–Kier alpha value is -2.86. The average Bonchev–Trinajstić information content (AvgIpc) is 3.24. The molecule has 1 atom stereocenters. The summed E-state index contributed by atoms with van der Waals surface area (Å²) < 4.78 is 11.3. The Morgan fingerprint density at radius 2 is 1.86 bits per heavy atom. The molecule has 6 nitrogen and oxygen atoms in total. The third-order valence-corrected chi connectivity index (χ3v) is 4.69. The second kappa shape index (κ2) is 9.90. The number of amides is 2. The van der Waals surface area contributed by atoms with Gasteiger partial charge in [-0.15, -0.1) is 0 Å². The van der Waals surface area contributed by atoms with Gasteiger partial charge in [0.25, 0.3) is 5.91 Å². The van der Waals surface area contributed by atoms with Crippen molar-refractivity contribution in [3.63, 3.8) is 0 Å². The van der Waals surface area contributed by atoms with E-state index in [1.54, 1.807) is 29.2 Å². The van der Waals surface area contributed by atoms with Crippen molar-refractivity contribution in [3.8, 4) is 5.75 Å². The molecular weight excluding hydrogens is 356 g/mol. The molecule has 1 aliphatic heterocycles. The van der Waals surface area contributed by atoms with Crippen LogP contribution < -0.4 is 10.5 Å². The SMILES string of the molecule is NC(=O)CCN(Cc1ccccc1)C(=O)c1ccc(OCC2CCCO2)cc1. The summed E-state index contributed by atoms with van der Waals surface area (Å²) in [6, 6.07) is 16.7. The van der Waals surface area contributed by atoms with Gasteiger partial charge in [0.15, 0.2) is 0 Å². The third kappa shape index (κ3) is 5.82. The molecule has 0 spiro atoms. The minimum Gasteiger partial charge on any atom is -0.491 e. The largest absolute Gasteiger partial charge is 0.491 e. The quantitative estimate of drug-likeness (QED) is 0.723. The lowest BCUT2D eigenvalue weighted by Gasteiger charge is -2.22. The van der Waals surface area contributed by atoms with E-state index in [9.17, 15) is 9.59 Å². The van der Waals surface area contributed by atoms with Crippen molar-refractivity contribution >= 4 is 11.8 Å². The lowest BCUT2D eigenvalue weighted by Crippen LogP contribution is -2.33. The van der Waals surface area contributed by atoms with E-state index in [0.29, 0.717) is 24.5 Å². The van der Waals surface area contributed by atoms with E-state index in [4.69, 9.17) is 15.2 Å². The van der Waals surface area contributed by atoms with E-state index in [2.05, 4.69) is 0 Å². The highest BCUT2D eigenvalue weighted by molar-refractivity contribution is 5.94. The van der Waals surface area contributed by atoms with Crippen molar-refractivity contribution in [1.29, 1.82) is 0 Å². The van der Waals surface area contributed by atoms with Crippen LogP contribution in [0.2, 0.25) is 0 Å². The molecule has 1 saturated heterocycles. The number of carbonyl (C=O) groups excluding carboxylic acids is 2. The molecule has 2 aromatic carbocycles. The fourth-order valence-corrected chi connectivity index (χ4v) is 3.14. The summed E-state index contributed by atoms with van der Waals surface area (Å²) in [5.74, 6) is 0.137. The topological polar surface area (TPSA) is 81.9 Å². The zero-order valence-corrected chi connectivity index (χ0v) is 15.9. The minimum atomic E-state index is -0.427. The van der Waals surface area contributed by atoms with Gasteiger partial charge in [-0.3, -0.25) is 9.59 Å². The summed E-state index contributed by atoms with van der Waals surface area (Å²) in [6.07, 6.45) is 2.37. The van der Waals surface area contributed by atoms with Crippen LogP contribution in [-0.4, -0.2) is 42.6 Å². The smallest absolute Gasteiger partial charge is 0.254 e. The van der Waals surface area contributed by atoms with Crippen molar-refractivity contribution in [1.82, 2.24) is 4.90 Å². The molecule has 1 aliphatic rings. The molecule has 0 aliphatic carbocycles. The maximum absolute atomic E-state index is 13.0. The molecule has 3 rings (SSSR count). The van der Waals surface area contributed by atoms with Gasteiger partial charge in [-0.25, -0.2) is 0 Å². The summed E-state index contributed by atoms with van der Waals surface area (Å²) >= 11 is 0. The molecule has 2 amide bonds. The van der Waals surface area contributed by atoms with Crippen LogP contribution in [0.15, 0.2) is 54.6 Å². The van der Waals surface area contributed by atoms with Crippen LogP contribution in [0.25, 0.3) is 0 Å². The van der Waals surface area contributed by atoms with Gasteiger partial charge >= 0.3 is 0 Å². The summed E-state index contributed by atoms with van der Waals surface area (Å²) in [5, 5.41) is 0. The number of ether oxygens (including phenoxy) is 2. The number of hydrogen-bond donors (Lipinski definition) is 1. The van der Waals surface area contributed by atoms with Gasteiger partial charge < -0.3 is 20.1 Å². The van der Waals surface area contributed by atoms with Gasteiger partial charge in [-0.05, 0) is 42.7 Å². The fourth-order valence-electron chi connectivity index (χ4n) is 3.14. The first-order valence-electron chi connectivity index (χ1n) is 9.58. The molecule has 1 unspecified atom stereocenters. The van der Waals surface area contributed by atoms with Gasteiger partial charge in [0, 0.05) is 31.7 Å². The van der Waals surface area contributed by atoms with E-state index < -0.39 is 5.91 Å². The zero-order chi connectivity index (χ0) is 19.8. The van der Waals surface area contributed by atoms with Crippen LogP contribution in [0.5, 0.6) is 5.75 Å². The molecule has 0 radical (unpaired) electrons. The predicted molar refractivity (Wildman–Crippen MR) is 106 cm³/mol. The first kappa shape index (κ1) is 19.9. The molecule has 1 heterocycles. The average molecular weight is 382 g/mol. The van der Waals surface area contributed by atoms with Crippen LogP contribution >= 0.6 is 0 Å². The second-order valence-electron chi connectivity index (χ2n) is 6.90. The third-order valence-electron chi connectivity index (χ3n) is 4.69. The molecule has 0 aromatic heterocycles. The Kier molecular flexibility index (Phi) is 7.03. The Morgan fingerprint density at radius 1 is 1.11 bits per heavy atom. The Morgan fingerprint density at radius 3 is 2.50 bits per heavy atom. The molecule has 6 heteroatoms. The van der Waals surface area contributed by atoms with Crippen LogP contribution in [0.1, 0.15) is 35.2 Å². The van der Waals surface area contributed by atoms with E-state index in [1.165, 1.54) is 0 Å². The molecule has 2 aromatic rings. The van der Waals surface area contributed by atoms with Gasteiger partial charge in [0.1, 0.15) is 12.4 Å². The van der Waals surface area contributed by atoms with E-state index in [-0.39, 0.29) is 25.0 Å². The number of rotatable bonds is 9. The molecule has 0 bridgehead atoms. The van der Waals surface area contributed by atoms with Crippen molar-refractivity contribution in [3.05, 3.63) is 65.7 Å². The maximum Gasteiger partial charge on any atom is 0.254 e. The van der Waals surface area contributed by atoms with Crippen molar-refractivity contribution in [2.24, 2.45) is 5.73 Å². The van der Waals surface area contributed by atoms with Crippen molar-refractivity contribution in [2.75, 3.05) is 19.8 Å². The van der Waals surface area contributed by atoms with Crippen LogP contribution in [0, 0.1) is 0 Å². The van der Waals surface area contributed by atoms with Crippen LogP contribution in [0.4, 0.5) is 0 Å². The van der Waals surface area contributed by atoms with Crippen molar-refractivity contribution in [2.45, 2.75) is 31.9 Å². The van der Waals surface area contributed by atoms with E-state index in [0.717, 1.165) is 25.0 Å². The van der Waals surface area contributed by atoms with Gasteiger partial charge in [-0.2, -0.15) is 0 Å². The summed E-state index contributed by atoms with van der Waals surface area (Å²) in [5.41, 5.74) is 6.82. The lowest BCUT2D eigenvalue weighted by atomic mass is 10.1. The van der Waals surface area contributed by atoms with Gasteiger partial charge in [0.05, 0.1) is 6.10 Å². The highest BCUT2D eigenvalue weighted by Gasteiger charge is 2.18. The van der Waals surface area contributed by atoms with Gasteiger partial charge in [-0.1, -0.05) is 30.3 Å². The molecule has 148 valence electrons. The lowest BCUT2D eigenvalue weighted by molar-refractivity contribution is -0.118. The molecule has 1 fully saturated rings.